The van der Waals surface area contributed by atoms with Gasteiger partial charge in [-0.05, 0) is 68.6 Å². The van der Waals surface area contributed by atoms with E-state index in [1.54, 1.807) is 39.0 Å². The van der Waals surface area contributed by atoms with Crippen molar-refractivity contribution in [1.82, 2.24) is 0 Å². The van der Waals surface area contributed by atoms with E-state index in [9.17, 15) is 39.5 Å². The van der Waals surface area contributed by atoms with Crippen molar-refractivity contribution in [2.75, 3.05) is 0 Å². The molecule has 0 atom stereocenters. The molecular weight excluding hydrogens is 543 g/mol. The summed E-state index contributed by atoms with van der Waals surface area (Å²) in [4.78, 5) is 0. The van der Waals surface area contributed by atoms with Crippen LogP contribution in [0.4, 0.5) is 39.5 Å². The Kier molecular flexibility index (Phi) is 7.32. The van der Waals surface area contributed by atoms with Crippen molar-refractivity contribution in [2.45, 2.75) is 44.7 Å². The van der Waals surface area contributed by atoms with Crippen molar-refractivity contribution in [1.29, 1.82) is 0 Å². The average Bonchev–Trinajstić information content (AvgIpc) is 2.86. The SMILES string of the molecule is CC(C)(C)c1ccccc1-c1c(-c2ccccc2C(F)(F)F)cc(C(F)(F)F)cc1-c1ccccc1C(F)(F)F. The van der Waals surface area contributed by atoms with Crippen molar-refractivity contribution < 1.29 is 39.5 Å². The van der Waals surface area contributed by atoms with Crippen LogP contribution in [0.1, 0.15) is 43.0 Å². The number of hydrogen-bond donors (Lipinski definition) is 0. The predicted molar refractivity (Wildman–Crippen MR) is 136 cm³/mol. The minimum Gasteiger partial charge on any atom is -0.166 e. The number of benzene rings is 4. The molecule has 0 radical (unpaired) electrons. The van der Waals surface area contributed by atoms with E-state index in [1.807, 2.05) is 0 Å². The van der Waals surface area contributed by atoms with E-state index in [1.165, 1.54) is 18.2 Å². The molecule has 0 amide bonds. The highest BCUT2D eigenvalue weighted by atomic mass is 19.4. The van der Waals surface area contributed by atoms with E-state index in [2.05, 4.69) is 0 Å². The topological polar surface area (TPSA) is 0 Å². The van der Waals surface area contributed by atoms with E-state index in [0.29, 0.717) is 17.7 Å². The molecule has 4 aromatic carbocycles. The maximum Gasteiger partial charge on any atom is 0.417 e. The predicted octanol–water partition coefficient (Wildman–Crippen LogP) is 11.0. The van der Waals surface area contributed by atoms with E-state index in [4.69, 9.17) is 0 Å². The molecule has 0 N–H and O–H groups in total. The van der Waals surface area contributed by atoms with Gasteiger partial charge in [0.05, 0.1) is 16.7 Å². The minimum absolute atomic E-state index is 0.160. The maximum atomic E-state index is 14.2. The van der Waals surface area contributed by atoms with Gasteiger partial charge in [0.2, 0.25) is 0 Å². The minimum atomic E-state index is -5.06. The van der Waals surface area contributed by atoms with Crippen LogP contribution in [0.15, 0.2) is 84.9 Å². The Morgan fingerprint density at radius 1 is 0.400 bits per heavy atom. The molecule has 0 saturated carbocycles. The molecule has 0 nitrogen and oxygen atoms in total. The Labute approximate surface area is 225 Å². The summed E-state index contributed by atoms with van der Waals surface area (Å²) in [6.07, 6.45) is -15.0. The molecule has 4 rings (SSSR count). The fourth-order valence-electron chi connectivity index (χ4n) is 4.81. The molecule has 0 saturated heterocycles. The maximum absolute atomic E-state index is 14.2. The third-order valence-electron chi connectivity index (χ3n) is 6.52. The molecule has 0 heterocycles. The van der Waals surface area contributed by atoms with Gasteiger partial charge in [-0.25, -0.2) is 0 Å². The second kappa shape index (κ2) is 10.0. The van der Waals surface area contributed by atoms with Gasteiger partial charge in [-0.1, -0.05) is 81.4 Å². The molecule has 0 aliphatic heterocycles. The Morgan fingerprint density at radius 2 is 0.750 bits per heavy atom. The highest BCUT2D eigenvalue weighted by molar-refractivity contribution is 5.97. The van der Waals surface area contributed by atoms with E-state index in [0.717, 1.165) is 36.4 Å². The highest BCUT2D eigenvalue weighted by Crippen LogP contribution is 2.50. The van der Waals surface area contributed by atoms with E-state index < -0.39 is 62.9 Å². The lowest BCUT2D eigenvalue weighted by molar-refractivity contribution is -0.137. The van der Waals surface area contributed by atoms with Crippen molar-refractivity contribution in [3.63, 3.8) is 0 Å². The zero-order valence-corrected chi connectivity index (χ0v) is 21.5. The monoisotopic (exact) mass is 566 g/mol. The second-order valence-electron chi connectivity index (χ2n) is 10.3. The van der Waals surface area contributed by atoms with Crippen LogP contribution in [0.25, 0.3) is 33.4 Å². The van der Waals surface area contributed by atoms with E-state index >= 15 is 0 Å². The van der Waals surface area contributed by atoms with Gasteiger partial charge in [-0.15, -0.1) is 0 Å². The Balaban J connectivity index is 2.31. The van der Waals surface area contributed by atoms with Crippen molar-refractivity contribution in [3.05, 3.63) is 107 Å². The summed E-state index contributed by atoms with van der Waals surface area (Å²) in [5.74, 6) is 0. The summed E-state index contributed by atoms with van der Waals surface area (Å²) in [5, 5.41) is 0. The van der Waals surface area contributed by atoms with Gasteiger partial charge < -0.3 is 0 Å². The summed E-state index contributed by atoms with van der Waals surface area (Å²) < 4.78 is 127. The van der Waals surface area contributed by atoms with Crippen LogP contribution >= 0.6 is 0 Å². The second-order valence-corrected chi connectivity index (χ2v) is 10.3. The zero-order valence-electron chi connectivity index (χ0n) is 21.5. The molecule has 0 fully saturated rings. The Morgan fingerprint density at radius 3 is 1.10 bits per heavy atom. The largest absolute Gasteiger partial charge is 0.417 e. The first-order valence-corrected chi connectivity index (χ1v) is 12.1. The molecule has 0 aliphatic carbocycles. The van der Waals surface area contributed by atoms with Crippen LogP contribution in [0.2, 0.25) is 0 Å². The first kappa shape index (κ1) is 29.2. The van der Waals surface area contributed by atoms with Crippen molar-refractivity contribution >= 4 is 0 Å². The Bertz CT molecular complexity index is 1450. The van der Waals surface area contributed by atoms with Crippen LogP contribution in [0.3, 0.4) is 0 Å². The van der Waals surface area contributed by atoms with Crippen LogP contribution < -0.4 is 0 Å². The molecular formula is C31H23F9. The summed E-state index contributed by atoms with van der Waals surface area (Å²) in [7, 11) is 0. The number of rotatable bonds is 3. The first-order chi connectivity index (χ1) is 18.4. The standard InChI is InChI=1S/C31H23F9/c1-28(2,3)24-13-7-6-12-21(24)27-22(19-10-4-8-14-25(19)30(35,36)37)16-18(29(32,33)34)17-23(27)20-11-5-9-15-26(20)31(38,39)40/h4-17H,1-3H3. The smallest absolute Gasteiger partial charge is 0.166 e. The molecule has 210 valence electrons. The normalized spacial score (nSPS) is 13.0. The molecule has 0 unspecified atom stereocenters. The summed E-state index contributed by atoms with van der Waals surface area (Å²) in [6, 6.07) is 15.7. The highest BCUT2D eigenvalue weighted by Gasteiger charge is 2.39. The molecule has 4 aromatic rings. The van der Waals surface area contributed by atoms with Gasteiger partial charge in [0, 0.05) is 0 Å². The fraction of sp³-hybridized carbons (Fsp3) is 0.226. The summed E-state index contributed by atoms with van der Waals surface area (Å²) in [6.45, 7) is 5.38. The number of alkyl halides is 9. The van der Waals surface area contributed by atoms with Gasteiger partial charge in [0.1, 0.15) is 0 Å². The van der Waals surface area contributed by atoms with Gasteiger partial charge in [-0.3, -0.25) is 0 Å². The lowest BCUT2D eigenvalue weighted by Crippen LogP contribution is -2.15. The molecule has 0 aromatic heterocycles. The van der Waals surface area contributed by atoms with Gasteiger partial charge in [0.15, 0.2) is 0 Å². The molecule has 40 heavy (non-hydrogen) atoms. The summed E-state index contributed by atoms with van der Waals surface area (Å²) in [5.41, 5.74) is -5.98. The number of halogens is 9. The van der Waals surface area contributed by atoms with Crippen LogP contribution in [0.5, 0.6) is 0 Å². The molecule has 9 heteroatoms. The third-order valence-corrected chi connectivity index (χ3v) is 6.52. The molecule has 0 spiro atoms. The first-order valence-electron chi connectivity index (χ1n) is 12.1. The van der Waals surface area contributed by atoms with Crippen molar-refractivity contribution in [2.24, 2.45) is 0 Å². The average molecular weight is 567 g/mol. The quantitative estimate of drug-likeness (QED) is 0.217. The van der Waals surface area contributed by atoms with Crippen LogP contribution in [-0.2, 0) is 23.9 Å². The Hall–Kier alpha value is -3.75. The van der Waals surface area contributed by atoms with Crippen LogP contribution in [0, 0.1) is 0 Å². The molecule has 0 aliphatic rings. The zero-order chi connectivity index (χ0) is 29.7. The summed E-state index contributed by atoms with van der Waals surface area (Å²) >= 11 is 0. The number of hydrogen-bond acceptors (Lipinski definition) is 0. The van der Waals surface area contributed by atoms with Gasteiger partial charge in [0.25, 0.3) is 0 Å². The van der Waals surface area contributed by atoms with Gasteiger partial charge >= 0.3 is 18.5 Å². The lowest BCUT2D eigenvalue weighted by atomic mass is 9.77. The fourth-order valence-corrected chi connectivity index (χ4v) is 4.81. The van der Waals surface area contributed by atoms with Crippen molar-refractivity contribution in [3.8, 4) is 33.4 Å². The molecule has 0 bridgehead atoms. The van der Waals surface area contributed by atoms with E-state index in [-0.39, 0.29) is 11.1 Å². The van der Waals surface area contributed by atoms with Gasteiger partial charge in [-0.2, -0.15) is 39.5 Å². The third kappa shape index (κ3) is 5.74. The lowest BCUT2D eigenvalue weighted by Gasteiger charge is -2.28. The van der Waals surface area contributed by atoms with Crippen LogP contribution in [-0.4, -0.2) is 0 Å².